The Hall–Kier alpha value is -3.27. The number of rotatable bonds is 10. The highest BCUT2D eigenvalue weighted by Crippen LogP contribution is 2.19. The Kier molecular flexibility index (Phi) is 8.11. The summed E-state index contributed by atoms with van der Waals surface area (Å²) in [5.74, 6) is -0.223. The average molecular weight is 439 g/mol. The van der Waals surface area contributed by atoms with Crippen molar-refractivity contribution in [2.45, 2.75) is 18.9 Å². The van der Waals surface area contributed by atoms with Crippen molar-refractivity contribution >= 4 is 34.0 Å². The van der Waals surface area contributed by atoms with Crippen LogP contribution in [-0.4, -0.2) is 35.0 Å². The minimum absolute atomic E-state index is 0.0620. The molecule has 0 bridgehead atoms. The van der Waals surface area contributed by atoms with E-state index < -0.39 is 6.10 Å². The molecule has 0 aliphatic heterocycles. The van der Waals surface area contributed by atoms with Gasteiger partial charge in [0.1, 0.15) is 0 Å². The van der Waals surface area contributed by atoms with Crippen LogP contribution in [0.25, 0.3) is 0 Å². The van der Waals surface area contributed by atoms with E-state index >= 15 is 0 Å². The molecule has 3 aromatic rings. The Bertz CT molecular complexity index is 1000. The minimum atomic E-state index is -0.521. The molecular formula is C22H26N6O2S. The fraction of sp³-hybridized carbons (Fsp3) is 0.227. The van der Waals surface area contributed by atoms with Crippen LogP contribution in [0.5, 0.6) is 0 Å². The van der Waals surface area contributed by atoms with E-state index in [1.54, 1.807) is 5.38 Å². The van der Waals surface area contributed by atoms with Crippen LogP contribution < -0.4 is 22.1 Å². The second kappa shape index (κ2) is 11.2. The van der Waals surface area contributed by atoms with Crippen molar-refractivity contribution in [2.24, 2.45) is 16.5 Å². The van der Waals surface area contributed by atoms with Crippen LogP contribution in [0.3, 0.4) is 0 Å². The largest absolute Gasteiger partial charge is 0.387 e. The molecule has 3 rings (SSSR count). The van der Waals surface area contributed by atoms with Gasteiger partial charge in [0, 0.05) is 17.6 Å². The number of nitrogens with one attached hydrogen (secondary N) is 2. The third-order valence-electron chi connectivity index (χ3n) is 4.46. The van der Waals surface area contributed by atoms with Gasteiger partial charge in [0.25, 0.3) is 0 Å². The summed E-state index contributed by atoms with van der Waals surface area (Å²) in [6.07, 6.45) is 0.445. The van der Waals surface area contributed by atoms with Gasteiger partial charge < -0.3 is 27.2 Å². The zero-order valence-electron chi connectivity index (χ0n) is 17.0. The lowest BCUT2D eigenvalue weighted by molar-refractivity contribution is -0.115. The standard InChI is InChI=1S/C22H26N6O2S/c23-21(24)28-22-27-18(14-31-22)12-20(30)26-17-8-6-15(7-9-17)10-11-25-13-19(29)16-4-2-1-3-5-16/h1-9,14,19,25,29H,10-13H2,(H,26,30)(H4,23,24,27,28)/t19-/m0/s1. The lowest BCUT2D eigenvalue weighted by atomic mass is 10.1. The molecule has 162 valence electrons. The molecule has 0 unspecified atom stereocenters. The Labute approximate surface area is 185 Å². The maximum atomic E-state index is 12.2. The third-order valence-corrected chi connectivity index (χ3v) is 5.24. The number of benzene rings is 2. The summed E-state index contributed by atoms with van der Waals surface area (Å²) in [6.45, 7) is 1.25. The average Bonchev–Trinajstić information content (AvgIpc) is 3.18. The van der Waals surface area contributed by atoms with Crippen molar-refractivity contribution in [2.75, 3.05) is 18.4 Å². The highest BCUT2D eigenvalue weighted by Gasteiger charge is 2.09. The summed E-state index contributed by atoms with van der Waals surface area (Å²) in [7, 11) is 0. The van der Waals surface area contributed by atoms with Crippen LogP contribution in [0.2, 0.25) is 0 Å². The molecule has 0 aliphatic rings. The molecule has 1 amide bonds. The van der Waals surface area contributed by atoms with Gasteiger partial charge in [-0.05, 0) is 36.2 Å². The molecule has 7 N–H and O–H groups in total. The van der Waals surface area contributed by atoms with Crippen LogP contribution in [0.15, 0.2) is 65.0 Å². The number of hydrogen-bond acceptors (Lipinski definition) is 6. The van der Waals surface area contributed by atoms with Gasteiger partial charge >= 0.3 is 0 Å². The number of nitrogens with zero attached hydrogens (tertiary/aromatic N) is 2. The van der Waals surface area contributed by atoms with Crippen molar-refractivity contribution < 1.29 is 9.90 Å². The molecule has 31 heavy (non-hydrogen) atoms. The molecule has 0 saturated heterocycles. The van der Waals surface area contributed by atoms with Gasteiger partial charge in [-0.25, -0.2) is 4.98 Å². The molecule has 0 spiro atoms. The van der Waals surface area contributed by atoms with E-state index in [2.05, 4.69) is 20.6 Å². The number of anilines is 1. The molecule has 9 heteroatoms. The molecule has 0 radical (unpaired) electrons. The summed E-state index contributed by atoms with van der Waals surface area (Å²) >= 11 is 1.28. The van der Waals surface area contributed by atoms with Crippen LogP contribution in [0.4, 0.5) is 10.8 Å². The van der Waals surface area contributed by atoms with Gasteiger partial charge in [-0.15, -0.1) is 11.3 Å². The van der Waals surface area contributed by atoms with E-state index in [1.807, 2.05) is 54.6 Å². The molecule has 1 heterocycles. The summed E-state index contributed by atoms with van der Waals surface area (Å²) in [5.41, 5.74) is 14.0. The summed E-state index contributed by atoms with van der Waals surface area (Å²) in [5, 5.41) is 18.5. The van der Waals surface area contributed by atoms with Gasteiger partial charge in [0.05, 0.1) is 18.2 Å². The second-order valence-electron chi connectivity index (χ2n) is 6.96. The topological polar surface area (TPSA) is 139 Å². The Morgan fingerprint density at radius 3 is 2.58 bits per heavy atom. The molecule has 0 saturated carbocycles. The Morgan fingerprint density at radius 1 is 1.13 bits per heavy atom. The van der Waals surface area contributed by atoms with Crippen LogP contribution in [-0.2, 0) is 17.6 Å². The Balaban J connectivity index is 1.40. The zero-order valence-corrected chi connectivity index (χ0v) is 17.8. The number of amides is 1. The normalized spacial score (nSPS) is 11.6. The van der Waals surface area contributed by atoms with E-state index in [-0.39, 0.29) is 18.3 Å². The number of thiazole rings is 1. The van der Waals surface area contributed by atoms with Crippen LogP contribution in [0.1, 0.15) is 22.9 Å². The molecule has 1 aromatic heterocycles. The minimum Gasteiger partial charge on any atom is -0.387 e. The third kappa shape index (κ3) is 7.49. The Morgan fingerprint density at radius 2 is 1.87 bits per heavy atom. The van der Waals surface area contributed by atoms with Crippen LogP contribution in [0, 0.1) is 0 Å². The smallest absolute Gasteiger partial charge is 0.230 e. The van der Waals surface area contributed by atoms with Gasteiger partial charge in [-0.3, -0.25) is 4.79 Å². The van der Waals surface area contributed by atoms with E-state index in [0.717, 1.165) is 29.8 Å². The number of carbonyl (C=O) groups is 1. The summed E-state index contributed by atoms with van der Waals surface area (Å²) in [6, 6.07) is 17.3. The summed E-state index contributed by atoms with van der Waals surface area (Å²) < 4.78 is 0. The summed E-state index contributed by atoms with van der Waals surface area (Å²) in [4.78, 5) is 20.3. The number of hydrogen-bond donors (Lipinski definition) is 5. The first-order chi connectivity index (χ1) is 15.0. The first kappa shape index (κ1) is 22.4. The number of aliphatic hydroxyl groups is 1. The van der Waals surface area contributed by atoms with Crippen molar-refractivity contribution in [1.82, 2.24) is 10.3 Å². The monoisotopic (exact) mass is 438 g/mol. The SMILES string of the molecule is NC(N)=Nc1nc(CC(=O)Nc2ccc(CCNC[C@H](O)c3ccccc3)cc2)cs1. The van der Waals surface area contributed by atoms with Crippen molar-refractivity contribution in [3.8, 4) is 0 Å². The first-order valence-corrected chi connectivity index (χ1v) is 10.7. The van der Waals surface area contributed by atoms with E-state index in [9.17, 15) is 9.90 Å². The predicted molar refractivity (Wildman–Crippen MR) is 124 cm³/mol. The highest BCUT2D eigenvalue weighted by atomic mass is 32.1. The fourth-order valence-electron chi connectivity index (χ4n) is 2.93. The molecule has 0 aliphatic carbocycles. The lowest BCUT2D eigenvalue weighted by Gasteiger charge is -2.12. The van der Waals surface area contributed by atoms with E-state index in [1.165, 1.54) is 11.3 Å². The van der Waals surface area contributed by atoms with Gasteiger partial charge in [0.2, 0.25) is 11.0 Å². The second-order valence-corrected chi connectivity index (χ2v) is 7.80. The molecule has 0 fully saturated rings. The number of aromatic nitrogens is 1. The zero-order chi connectivity index (χ0) is 22.1. The number of aliphatic imine (C=N–C) groups is 1. The van der Waals surface area contributed by atoms with Gasteiger partial charge in [-0.2, -0.15) is 4.99 Å². The maximum Gasteiger partial charge on any atom is 0.230 e. The fourth-order valence-corrected chi connectivity index (χ4v) is 3.63. The van der Waals surface area contributed by atoms with Crippen molar-refractivity contribution in [1.29, 1.82) is 0 Å². The first-order valence-electron chi connectivity index (χ1n) is 9.86. The van der Waals surface area contributed by atoms with Gasteiger partial charge in [0.15, 0.2) is 5.96 Å². The number of nitrogens with two attached hydrogens (primary N) is 2. The van der Waals surface area contributed by atoms with E-state index in [0.29, 0.717) is 17.4 Å². The number of guanidine groups is 1. The molecular weight excluding hydrogens is 412 g/mol. The maximum absolute atomic E-state index is 12.2. The predicted octanol–water partition coefficient (Wildman–Crippen LogP) is 2.09. The quantitative estimate of drug-likeness (QED) is 0.187. The van der Waals surface area contributed by atoms with Gasteiger partial charge in [-0.1, -0.05) is 42.5 Å². The van der Waals surface area contributed by atoms with Crippen LogP contribution >= 0.6 is 11.3 Å². The van der Waals surface area contributed by atoms with Crippen molar-refractivity contribution in [3.05, 3.63) is 76.8 Å². The van der Waals surface area contributed by atoms with E-state index in [4.69, 9.17) is 11.5 Å². The molecule has 8 nitrogen and oxygen atoms in total. The molecule has 2 aromatic carbocycles. The molecule has 1 atom stereocenters. The van der Waals surface area contributed by atoms with Crippen molar-refractivity contribution in [3.63, 3.8) is 0 Å². The highest BCUT2D eigenvalue weighted by molar-refractivity contribution is 7.13. The lowest BCUT2D eigenvalue weighted by Crippen LogP contribution is -2.23. The number of aliphatic hydroxyl groups excluding tert-OH is 1. The number of carbonyl (C=O) groups excluding carboxylic acids is 1.